The van der Waals surface area contributed by atoms with Gasteiger partial charge >= 0.3 is 5.97 Å². The van der Waals surface area contributed by atoms with Gasteiger partial charge in [-0.05, 0) is 38.5 Å². The third-order valence-corrected chi connectivity index (χ3v) is 3.25. The molecule has 0 bridgehead atoms. The van der Waals surface area contributed by atoms with Crippen LogP contribution in [0.5, 0.6) is 11.5 Å². The van der Waals surface area contributed by atoms with Crippen LogP contribution in [0.25, 0.3) is 0 Å². The molecule has 2 rings (SSSR count). The predicted molar refractivity (Wildman–Crippen MR) is 79.6 cm³/mol. The van der Waals surface area contributed by atoms with Crippen molar-refractivity contribution in [2.45, 2.75) is 51.3 Å². The summed E-state index contributed by atoms with van der Waals surface area (Å²) in [6.07, 6.45) is 0. The zero-order valence-electron chi connectivity index (χ0n) is 12.4. The summed E-state index contributed by atoms with van der Waals surface area (Å²) < 4.78 is 16.8. The normalized spacial score (nSPS) is 16.1. The van der Waals surface area contributed by atoms with Gasteiger partial charge < -0.3 is 14.2 Å². The minimum atomic E-state index is -0.710. The Bertz CT molecular complexity index is 544. The number of alkyl halides is 1. The fourth-order valence-electron chi connectivity index (χ4n) is 1.95. The third kappa shape index (κ3) is 3.26. The maximum atomic E-state index is 12.3. The molecule has 0 amide bonds. The van der Waals surface area contributed by atoms with Crippen LogP contribution in [0, 0.1) is 0 Å². The van der Waals surface area contributed by atoms with Crippen LogP contribution < -0.4 is 9.47 Å². The van der Waals surface area contributed by atoms with Gasteiger partial charge in [0.1, 0.15) is 5.60 Å². The van der Waals surface area contributed by atoms with Crippen molar-refractivity contribution in [2.24, 2.45) is 0 Å². The van der Waals surface area contributed by atoms with E-state index in [9.17, 15) is 4.79 Å². The first kappa shape index (κ1) is 15.2. The highest BCUT2D eigenvalue weighted by Gasteiger charge is 2.33. The van der Waals surface area contributed by atoms with Crippen molar-refractivity contribution < 1.29 is 19.0 Å². The molecule has 0 saturated heterocycles. The molecule has 0 N–H and O–H groups in total. The molecule has 110 valence electrons. The summed E-state index contributed by atoms with van der Waals surface area (Å²) >= 11 is 3.39. The molecule has 0 spiro atoms. The molecule has 0 unspecified atom stereocenters. The molecule has 0 saturated carbocycles. The van der Waals surface area contributed by atoms with Crippen LogP contribution in [-0.4, -0.2) is 17.4 Å². The van der Waals surface area contributed by atoms with E-state index in [4.69, 9.17) is 14.2 Å². The zero-order valence-corrected chi connectivity index (χ0v) is 14.0. The highest BCUT2D eigenvalue weighted by molar-refractivity contribution is 9.08. The summed E-state index contributed by atoms with van der Waals surface area (Å²) in [6, 6.07) is 3.51. The molecule has 1 aromatic rings. The highest BCUT2D eigenvalue weighted by atomic mass is 79.9. The van der Waals surface area contributed by atoms with Gasteiger partial charge in [-0.25, -0.2) is 4.79 Å². The summed E-state index contributed by atoms with van der Waals surface area (Å²) in [5, 5.41) is 0.540. The molecule has 0 aromatic heterocycles. The second kappa shape index (κ2) is 4.95. The van der Waals surface area contributed by atoms with Crippen LogP contribution in [0.4, 0.5) is 0 Å². The van der Waals surface area contributed by atoms with Crippen LogP contribution in [0.1, 0.15) is 50.5 Å². The maximum Gasteiger partial charge on any atom is 0.339 e. The summed E-state index contributed by atoms with van der Waals surface area (Å²) in [5.74, 6) is 0.152. The predicted octanol–water partition coefficient (Wildman–Crippen LogP) is 4.04. The van der Waals surface area contributed by atoms with Gasteiger partial charge in [-0.15, -0.1) is 0 Å². The van der Waals surface area contributed by atoms with Crippen molar-refractivity contribution in [2.75, 3.05) is 0 Å². The molecule has 5 heteroatoms. The van der Waals surface area contributed by atoms with E-state index < -0.39 is 11.4 Å². The number of carbonyl (C=O) groups excluding carboxylic acids is 1. The lowest BCUT2D eigenvalue weighted by Gasteiger charge is -2.20. The van der Waals surface area contributed by atoms with Gasteiger partial charge in [-0.1, -0.05) is 15.9 Å². The number of fused-ring (bicyclic) bond motifs is 1. The smallest absolute Gasteiger partial charge is 0.339 e. The van der Waals surface area contributed by atoms with Gasteiger partial charge in [0.2, 0.25) is 5.79 Å². The van der Waals surface area contributed by atoms with Crippen LogP contribution in [-0.2, 0) is 10.1 Å². The fraction of sp³-hybridized carbons (Fsp3) is 0.533. The Morgan fingerprint density at radius 3 is 2.30 bits per heavy atom. The molecule has 1 heterocycles. The lowest BCUT2D eigenvalue weighted by atomic mass is 10.1. The van der Waals surface area contributed by atoms with E-state index in [2.05, 4.69) is 15.9 Å². The zero-order chi connectivity index (χ0) is 15.1. The average Bonchev–Trinajstić information content (AvgIpc) is 2.57. The monoisotopic (exact) mass is 342 g/mol. The molecule has 0 aliphatic carbocycles. The van der Waals surface area contributed by atoms with E-state index in [0.29, 0.717) is 22.4 Å². The van der Waals surface area contributed by atoms with E-state index in [0.717, 1.165) is 5.56 Å². The Morgan fingerprint density at radius 1 is 1.25 bits per heavy atom. The van der Waals surface area contributed by atoms with Crippen molar-refractivity contribution in [1.29, 1.82) is 0 Å². The maximum absolute atomic E-state index is 12.3. The minimum absolute atomic E-state index is 0.358. The number of halogens is 1. The third-order valence-electron chi connectivity index (χ3n) is 2.64. The second-order valence-corrected chi connectivity index (χ2v) is 6.76. The summed E-state index contributed by atoms with van der Waals surface area (Å²) in [4.78, 5) is 12.3. The van der Waals surface area contributed by atoms with Crippen LogP contribution in [0.3, 0.4) is 0 Å². The van der Waals surface area contributed by atoms with Gasteiger partial charge in [0.25, 0.3) is 0 Å². The van der Waals surface area contributed by atoms with E-state index in [-0.39, 0.29) is 5.97 Å². The number of ether oxygens (including phenoxy) is 3. The Labute approximate surface area is 127 Å². The fourth-order valence-corrected chi connectivity index (χ4v) is 2.41. The first-order chi connectivity index (χ1) is 9.11. The molecule has 1 aromatic carbocycles. The van der Waals surface area contributed by atoms with Crippen molar-refractivity contribution in [3.05, 3.63) is 23.3 Å². The average molecular weight is 343 g/mol. The molecule has 1 aliphatic heterocycles. The quantitative estimate of drug-likeness (QED) is 0.600. The lowest BCUT2D eigenvalue weighted by molar-refractivity contribution is -0.0432. The largest absolute Gasteiger partial charge is 0.456 e. The molecule has 0 fully saturated rings. The number of carbonyl (C=O) groups is 1. The number of esters is 1. The van der Waals surface area contributed by atoms with Crippen molar-refractivity contribution in [3.63, 3.8) is 0 Å². The van der Waals surface area contributed by atoms with Gasteiger partial charge in [0.05, 0.1) is 5.56 Å². The van der Waals surface area contributed by atoms with Gasteiger partial charge in [-0.3, -0.25) is 0 Å². The second-order valence-electron chi connectivity index (χ2n) is 6.20. The van der Waals surface area contributed by atoms with Gasteiger partial charge in [-0.2, -0.15) is 0 Å². The molecular weight excluding hydrogens is 324 g/mol. The van der Waals surface area contributed by atoms with E-state index >= 15 is 0 Å². The van der Waals surface area contributed by atoms with E-state index in [1.54, 1.807) is 6.07 Å². The summed E-state index contributed by atoms with van der Waals surface area (Å²) in [7, 11) is 0. The number of benzene rings is 1. The first-order valence-electron chi connectivity index (χ1n) is 6.45. The molecule has 20 heavy (non-hydrogen) atoms. The Balaban J connectivity index is 2.38. The van der Waals surface area contributed by atoms with Crippen molar-refractivity contribution in [1.82, 2.24) is 0 Å². The van der Waals surface area contributed by atoms with Crippen LogP contribution in [0.15, 0.2) is 12.1 Å². The Hall–Kier alpha value is -1.23. The number of hydrogen-bond donors (Lipinski definition) is 0. The van der Waals surface area contributed by atoms with Crippen LogP contribution in [0.2, 0.25) is 0 Å². The summed E-state index contributed by atoms with van der Waals surface area (Å²) in [6.45, 7) is 9.18. The van der Waals surface area contributed by atoms with Gasteiger partial charge in [0.15, 0.2) is 11.5 Å². The van der Waals surface area contributed by atoms with E-state index in [1.165, 1.54) is 0 Å². The Morgan fingerprint density at radius 2 is 1.80 bits per heavy atom. The molecule has 0 atom stereocenters. The van der Waals surface area contributed by atoms with Gasteiger partial charge in [0, 0.05) is 19.2 Å². The standard InChI is InChI=1S/C15H19BrO4/c1-14(2,3)20-13(17)10-7-12-11(6-9(10)8-16)18-15(4,5)19-12/h6-7H,8H2,1-5H3. The van der Waals surface area contributed by atoms with Crippen LogP contribution >= 0.6 is 15.9 Å². The molecular formula is C15H19BrO4. The number of rotatable bonds is 2. The van der Waals surface area contributed by atoms with Crippen molar-refractivity contribution in [3.8, 4) is 11.5 Å². The topological polar surface area (TPSA) is 44.8 Å². The molecule has 1 aliphatic rings. The first-order valence-corrected chi connectivity index (χ1v) is 7.58. The lowest BCUT2D eigenvalue weighted by Crippen LogP contribution is -2.29. The highest BCUT2D eigenvalue weighted by Crippen LogP contribution is 2.41. The minimum Gasteiger partial charge on any atom is -0.456 e. The molecule has 4 nitrogen and oxygen atoms in total. The van der Waals surface area contributed by atoms with Crippen molar-refractivity contribution >= 4 is 21.9 Å². The SMILES string of the molecule is CC(C)(C)OC(=O)c1cc2c(cc1CBr)OC(C)(C)O2. The molecule has 0 radical (unpaired) electrons. The number of hydrogen-bond acceptors (Lipinski definition) is 4. The van der Waals surface area contributed by atoms with E-state index in [1.807, 2.05) is 40.7 Å². The Kier molecular flexibility index (Phi) is 3.75. The summed E-state index contributed by atoms with van der Waals surface area (Å²) in [5.41, 5.74) is 0.784.